The Morgan fingerprint density at radius 3 is 2.47 bits per heavy atom. The van der Waals surface area contributed by atoms with E-state index in [1.165, 1.54) is 24.5 Å². The van der Waals surface area contributed by atoms with Crippen LogP contribution in [-0.4, -0.2) is 7.11 Å². The number of nitrogens with two attached hydrogens (primary N) is 1. The van der Waals surface area contributed by atoms with Crippen molar-refractivity contribution in [2.45, 2.75) is 13.8 Å². The predicted octanol–water partition coefficient (Wildman–Crippen LogP) is 3.76. The molecular formula is C13H14FNOS. The van der Waals surface area contributed by atoms with Gasteiger partial charge in [0.2, 0.25) is 0 Å². The molecule has 4 heteroatoms. The first-order valence-electron chi connectivity index (χ1n) is 5.24. The highest BCUT2D eigenvalue weighted by molar-refractivity contribution is 7.16. The van der Waals surface area contributed by atoms with Gasteiger partial charge in [-0.2, -0.15) is 0 Å². The maximum atomic E-state index is 13.6. The summed E-state index contributed by atoms with van der Waals surface area (Å²) in [6.45, 7) is 4.01. The normalized spacial score (nSPS) is 10.6. The maximum Gasteiger partial charge on any atom is 0.165 e. The van der Waals surface area contributed by atoms with Gasteiger partial charge in [-0.25, -0.2) is 4.39 Å². The molecule has 0 spiro atoms. The van der Waals surface area contributed by atoms with E-state index in [1.54, 1.807) is 6.07 Å². The van der Waals surface area contributed by atoms with E-state index in [0.717, 1.165) is 26.6 Å². The van der Waals surface area contributed by atoms with E-state index in [0.29, 0.717) is 0 Å². The molecule has 2 nitrogen and oxygen atoms in total. The van der Waals surface area contributed by atoms with Gasteiger partial charge >= 0.3 is 0 Å². The summed E-state index contributed by atoms with van der Waals surface area (Å²) in [7, 11) is 1.45. The number of ether oxygens (including phenoxy) is 1. The van der Waals surface area contributed by atoms with E-state index in [9.17, 15) is 4.39 Å². The Bertz CT molecular complexity index is 563. The molecule has 0 aliphatic rings. The number of benzene rings is 1. The predicted molar refractivity (Wildman–Crippen MR) is 70.2 cm³/mol. The quantitative estimate of drug-likeness (QED) is 0.882. The molecule has 0 saturated heterocycles. The van der Waals surface area contributed by atoms with Crippen molar-refractivity contribution in [3.8, 4) is 16.9 Å². The Labute approximate surface area is 104 Å². The van der Waals surface area contributed by atoms with Crippen molar-refractivity contribution >= 4 is 16.3 Å². The van der Waals surface area contributed by atoms with E-state index in [1.807, 2.05) is 19.9 Å². The number of methoxy groups -OCH3 is 1. The highest BCUT2D eigenvalue weighted by Crippen LogP contribution is 2.39. The van der Waals surface area contributed by atoms with Gasteiger partial charge < -0.3 is 10.5 Å². The minimum absolute atomic E-state index is 0.247. The average Bonchev–Trinajstić information content (AvgIpc) is 2.53. The summed E-state index contributed by atoms with van der Waals surface area (Å²) in [6.07, 6.45) is 0. The summed E-state index contributed by atoms with van der Waals surface area (Å²) in [5.74, 6) is -0.121. The van der Waals surface area contributed by atoms with Gasteiger partial charge in [-0.1, -0.05) is 6.07 Å². The fourth-order valence-corrected chi connectivity index (χ4v) is 2.79. The number of aryl methyl sites for hydroxylation is 1. The molecule has 2 aromatic rings. The summed E-state index contributed by atoms with van der Waals surface area (Å²) in [6, 6.07) is 4.91. The fraction of sp³-hybridized carbons (Fsp3) is 0.231. The molecule has 0 unspecified atom stereocenters. The SMILES string of the molecule is COc1ccc(-c2c(N)sc(C)c2C)cc1F. The van der Waals surface area contributed by atoms with Crippen molar-refractivity contribution in [1.29, 1.82) is 0 Å². The number of halogens is 1. The van der Waals surface area contributed by atoms with E-state index in [-0.39, 0.29) is 11.6 Å². The summed E-state index contributed by atoms with van der Waals surface area (Å²) in [5, 5.41) is 0.726. The van der Waals surface area contributed by atoms with Gasteiger partial charge in [-0.15, -0.1) is 11.3 Å². The summed E-state index contributed by atoms with van der Waals surface area (Å²) >= 11 is 1.53. The highest BCUT2D eigenvalue weighted by Gasteiger charge is 2.14. The molecule has 0 saturated carbocycles. The molecule has 0 aliphatic heterocycles. The fourth-order valence-electron chi connectivity index (χ4n) is 1.83. The van der Waals surface area contributed by atoms with Crippen LogP contribution in [0.3, 0.4) is 0 Å². The number of nitrogen functional groups attached to an aromatic ring is 1. The molecule has 1 heterocycles. The second kappa shape index (κ2) is 4.37. The van der Waals surface area contributed by atoms with Crippen LogP contribution in [0.1, 0.15) is 10.4 Å². The Morgan fingerprint density at radius 2 is 2.00 bits per heavy atom. The van der Waals surface area contributed by atoms with Crippen LogP contribution < -0.4 is 10.5 Å². The summed E-state index contributed by atoms with van der Waals surface area (Å²) in [5.41, 5.74) is 8.79. The largest absolute Gasteiger partial charge is 0.494 e. The molecule has 90 valence electrons. The van der Waals surface area contributed by atoms with Crippen molar-refractivity contribution in [3.63, 3.8) is 0 Å². The molecule has 0 radical (unpaired) electrons. The van der Waals surface area contributed by atoms with Gasteiger partial charge in [0.05, 0.1) is 12.1 Å². The van der Waals surface area contributed by atoms with E-state index >= 15 is 0 Å². The minimum Gasteiger partial charge on any atom is -0.494 e. The lowest BCUT2D eigenvalue weighted by Crippen LogP contribution is -1.91. The Morgan fingerprint density at radius 1 is 1.29 bits per heavy atom. The van der Waals surface area contributed by atoms with Crippen LogP contribution in [0, 0.1) is 19.7 Å². The first-order valence-corrected chi connectivity index (χ1v) is 6.05. The smallest absolute Gasteiger partial charge is 0.165 e. The highest BCUT2D eigenvalue weighted by atomic mass is 32.1. The van der Waals surface area contributed by atoms with Crippen molar-refractivity contribution < 1.29 is 9.13 Å². The third kappa shape index (κ3) is 2.00. The van der Waals surface area contributed by atoms with Gasteiger partial charge in [0.15, 0.2) is 11.6 Å². The molecule has 0 amide bonds. The zero-order valence-electron chi connectivity index (χ0n) is 10.0. The van der Waals surface area contributed by atoms with Crippen LogP contribution in [0.2, 0.25) is 0 Å². The number of rotatable bonds is 2. The van der Waals surface area contributed by atoms with Gasteiger partial charge in [-0.05, 0) is 37.1 Å². The molecule has 2 rings (SSSR count). The molecular weight excluding hydrogens is 237 g/mol. The standard InChI is InChI=1S/C13H14FNOS/c1-7-8(2)17-13(15)12(7)9-4-5-11(16-3)10(14)6-9/h4-6H,15H2,1-3H3. The number of anilines is 1. The van der Waals surface area contributed by atoms with Crippen molar-refractivity contribution in [2.24, 2.45) is 0 Å². The Hall–Kier alpha value is -1.55. The first kappa shape index (κ1) is 11.9. The molecule has 1 aromatic carbocycles. The average molecular weight is 251 g/mol. The Balaban J connectivity index is 2.57. The van der Waals surface area contributed by atoms with E-state index < -0.39 is 0 Å². The van der Waals surface area contributed by atoms with Gasteiger partial charge in [0.25, 0.3) is 0 Å². The molecule has 0 bridgehead atoms. The third-order valence-corrected chi connectivity index (χ3v) is 3.89. The van der Waals surface area contributed by atoms with Crippen LogP contribution >= 0.6 is 11.3 Å². The maximum absolute atomic E-state index is 13.6. The summed E-state index contributed by atoms with van der Waals surface area (Å²) < 4.78 is 18.5. The zero-order valence-corrected chi connectivity index (χ0v) is 10.8. The second-order valence-electron chi connectivity index (χ2n) is 3.87. The number of hydrogen-bond acceptors (Lipinski definition) is 3. The van der Waals surface area contributed by atoms with Gasteiger partial charge in [0.1, 0.15) is 0 Å². The van der Waals surface area contributed by atoms with Crippen LogP contribution in [0.4, 0.5) is 9.39 Å². The molecule has 0 fully saturated rings. The van der Waals surface area contributed by atoms with Crippen molar-refractivity contribution in [2.75, 3.05) is 12.8 Å². The first-order chi connectivity index (χ1) is 8.04. The second-order valence-corrected chi connectivity index (χ2v) is 5.13. The van der Waals surface area contributed by atoms with Gasteiger partial charge in [0, 0.05) is 10.4 Å². The van der Waals surface area contributed by atoms with Crippen LogP contribution in [0.15, 0.2) is 18.2 Å². The lowest BCUT2D eigenvalue weighted by atomic mass is 10.0. The van der Waals surface area contributed by atoms with E-state index in [4.69, 9.17) is 10.5 Å². The molecule has 0 aliphatic carbocycles. The number of hydrogen-bond donors (Lipinski definition) is 1. The van der Waals surface area contributed by atoms with Crippen LogP contribution in [0.5, 0.6) is 5.75 Å². The summed E-state index contributed by atoms with van der Waals surface area (Å²) in [4.78, 5) is 1.16. The van der Waals surface area contributed by atoms with Crippen molar-refractivity contribution in [3.05, 3.63) is 34.5 Å². The molecule has 2 N–H and O–H groups in total. The topological polar surface area (TPSA) is 35.2 Å². The number of thiophene rings is 1. The molecule has 0 atom stereocenters. The minimum atomic E-state index is -0.368. The monoisotopic (exact) mass is 251 g/mol. The molecule has 1 aromatic heterocycles. The lowest BCUT2D eigenvalue weighted by Gasteiger charge is -2.06. The Kier molecular flexibility index (Phi) is 3.07. The van der Waals surface area contributed by atoms with Gasteiger partial charge in [-0.3, -0.25) is 0 Å². The zero-order chi connectivity index (χ0) is 12.6. The van der Waals surface area contributed by atoms with Crippen molar-refractivity contribution in [1.82, 2.24) is 0 Å². The third-order valence-electron chi connectivity index (χ3n) is 2.85. The lowest BCUT2D eigenvalue weighted by molar-refractivity contribution is 0.386. The molecule has 17 heavy (non-hydrogen) atoms. The van der Waals surface area contributed by atoms with Crippen LogP contribution in [0.25, 0.3) is 11.1 Å². The van der Waals surface area contributed by atoms with E-state index in [2.05, 4.69) is 0 Å². The van der Waals surface area contributed by atoms with Crippen LogP contribution in [-0.2, 0) is 0 Å².